The van der Waals surface area contributed by atoms with Crippen LogP contribution in [0.3, 0.4) is 0 Å². The molecule has 1 aliphatic heterocycles. The Morgan fingerprint density at radius 3 is 2.69 bits per heavy atom. The van der Waals surface area contributed by atoms with Gasteiger partial charge in [0, 0.05) is 5.92 Å². The van der Waals surface area contributed by atoms with E-state index in [4.69, 9.17) is 0 Å². The first-order valence-corrected chi connectivity index (χ1v) is 4.67. The van der Waals surface area contributed by atoms with Crippen molar-refractivity contribution < 1.29 is 4.79 Å². The van der Waals surface area contributed by atoms with Crippen LogP contribution in [0.25, 0.3) is 0 Å². The van der Waals surface area contributed by atoms with E-state index in [1.165, 1.54) is 5.56 Å². The monoisotopic (exact) mass is 171 g/mol. The van der Waals surface area contributed by atoms with E-state index >= 15 is 0 Å². The molecule has 1 aromatic carbocycles. The highest BCUT2D eigenvalue weighted by Gasteiger charge is 2.32. The summed E-state index contributed by atoms with van der Waals surface area (Å²) >= 11 is 0. The van der Waals surface area contributed by atoms with Crippen molar-refractivity contribution in [3.8, 4) is 0 Å². The van der Waals surface area contributed by atoms with E-state index in [0.29, 0.717) is 5.92 Å². The zero-order chi connectivity index (χ0) is 9.42. The van der Waals surface area contributed by atoms with Crippen LogP contribution in [0.2, 0.25) is 0 Å². The molecule has 1 aromatic rings. The van der Waals surface area contributed by atoms with Crippen LogP contribution in [0.4, 0.5) is 0 Å². The van der Waals surface area contributed by atoms with Gasteiger partial charge in [0.05, 0.1) is 5.68 Å². The Morgan fingerprint density at radius 2 is 2.00 bits per heavy atom. The molecule has 1 radical (unpaired) electrons. The van der Waals surface area contributed by atoms with Crippen LogP contribution in [0.5, 0.6) is 0 Å². The van der Waals surface area contributed by atoms with Gasteiger partial charge in [-0.3, -0.25) is 0 Å². The molecule has 2 rings (SSSR count). The zero-order valence-electron chi connectivity index (χ0n) is 7.95. The van der Waals surface area contributed by atoms with Gasteiger partial charge in [-0.05, 0) is 11.5 Å². The van der Waals surface area contributed by atoms with Gasteiger partial charge in [0.2, 0.25) is 7.28 Å². The minimum Gasteiger partial charge on any atom is -0.311 e. The maximum atomic E-state index is 11.6. The smallest absolute Gasteiger partial charge is 0.242 e. The van der Waals surface area contributed by atoms with Crippen molar-refractivity contribution in [3.63, 3.8) is 0 Å². The fourth-order valence-electron chi connectivity index (χ4n) is 2.01. The number of hydrogen-bond donors (Lipinski definition) is 0. The molecule has 0 bridgehead atoms. The highest BCUT2D eigenvalue weighted by molar-refractivity contribution is 6.87. The first-order valence-electron chi connectivity index (χ1n) is 4.67. The first kappa shape index (κ1) is 8.55. The van der Waals surface area contributed by atoms with Gasteiger partial charge >= 0.3 is 0 Å². The molecule has 0 amide bonds. The lowest BCUT2D eigenvalue weighted by molar-refractivity contribution is -0.113. The highest BCUT2D eigenvalue weighted by Crippen LogP contribution is 2.27. The molecular weight excluding hydrogens is 159 g/mol. The lowest BCUT2D eigenvalue weighted by Crippen LogP contribution is -2.17. The number of benzene rings is 1. The molecular formula is C11H12BO. The zero-order valence-corrected chi connectivity index (χ0v) is 7.95. The van der Waals surface area contributed by atoms with Gasteiger partial charge in [0.1, 0.15) is 0 Å². The van der Waals surface area contributed by atoms with Gasteiger partial charge in [-0.25, -0.2) is 0 Å². The van der Waals surface area contributed by atoms with Crippen LogP contribution in [0.15, 0.2) is 24.3 Å². The van der Waals surface area contributed by atoms with Crippen molar-refractivity contribution in [2.45, 2.75) is 19.8 Å². The summed E-state index contributed by atoms with van der Waals surface area (Å²) in [5.74, 6) is 0.489. The quantitative estimate of drug-likeness (QED) is 0.582. The molecule has 1 atom stereocenters. The standard InChI is InChI=1S/C11H12BO/c1-7(2)10-8-5-3-4-6-9(8)12-11(10)13/h3-7,10H,1-2H3. The Balaban J connectivity index is 2.46. The molecule has 0 spiro atoms. The second-order valence-corrected chi connectivity index (χ2v) is 3.90. The van der Waals surface area contributed by atoms with Crippen LogP contribution in [0.1, 0.15) is 25.3 Å². The van der Waals surface area contributed by atoms with E-state index in [2.05, 4.69) is 19.9 Å². The van der Waals surface area contributed by atoms with E-state index in [0.717, 1.165) is 5.46 Å². The number of fused-ring (bicyclic) bond motifs is 1. The Labute approximate surface area is 79.4 Å². The average Bonchev–Trinajstić information content (AvgIpc) is 2.39. The minimum atomic E-state index is 0.0937. The molecule has 0 saturated heterocycles. The van der Waals surface area contributed by atoms with Crippen molar-refractivity contribution in [2.75, 3.05) is 0 Å². The Hall–Kier alpha value is -1.05. The molecule has 2 heteroatoms. The molecule has 0 saturated carbocycles. The van der Waals surface area contributed by atoms with E-state index in [-0.39, 0.29) is 11.6 Å². The first-order chi connectivity index (χ1) is 6.20. The van der Waals surface area contributed by atoms with E-state index in [1.54, 1.807) is 7.28 Å². The second-order valence-electron chi connectivity index (χ2n) is 3.90. The van der Waals surface area contributed by atoms with Gasteiger partial charge in [-0.2, -0.15) is 0 Å². The molecule has 1 aliphatic rings. The Morgan fingerprint density at radius 1 is 1.31 bits per heavy atom. The van der Waals surface area contributed by atoms with Crippen LogP contribution < -0.4 is 5.46 Å². The van der Waals surface area contributed by atoms with Crippen LogP contribution in [-0.2, 0) is 4.79 Å². The lowest BCUT2D eigenvalue weighted by Gasteiger charge is -2.14. The van der Waals surface area contributed by atoms with Gasteiger partial charge in [0.25, 0.3) is 0 Å². The van der Waals surface area contributed by atoms with Crippen molar-refractivity contribution in [2.24, 2.45) is 5.92 Å². The fourth-order valence-corrected chi connectivity index (χ4v) is 2.01. The average molecular weight is 171 g/mol. The second kappa shape index (κ2) is 3.02. The maximum absolute atomic E-state index is 11.6. The summed E-state index contributed by atoms with van der Waals surface area (Å²) in [5, 5.41) is 0. The molecule has 1 nitrogen and oxygen atoms in total. The molecule has 0 fully saturated rings. The van der Waals surface area contributed by atoms with E-state index in [1.807, 2.05) is 18.2 Å². The van der Waals surface area contributed by atoms with E-state index < -0.39 is 0 Å². The number of carbonyl (C=O) groups is 1. The fraction of sp³-hybridized carbons (Fsp3) is 0.364. The summed E-state index contributed by atoms with van der Waals surface area (Å²) < 4.78 is 0. The van der Waals surface area contributed by atoms with Crippen LogP contribution in [-0.4, -0.2) is 13.0 Å². The maximum Gasteiger partial charge on any atom is 0.242 e. The molecule has 1 heterocycles. The van der Waals surface area contributed by atoms with Crippen LogP contribution >= 0.6 is 0 Å². The largest absolute Gasteiger partial charge is 0.311 e. The normalized spacial score (nSPS) is 20.2. The number of rotatable bonds is 1. The summed E-state index contributed by atoms with van der Waals surface area (Å²) in [6.45, 7) is 4.19. The molecule has 13 heavy (non-hydrogen) atoms. The Bertz CT molecular complexity index is 344. The number of hydrogen-bond acceptors (Lipinski definition) is 1. The van der Waals surface area contributed by atoms with Gasteiger partial charge < -0.3 is 4.79 Å². The predicted molar refractivity (Wildman–Crippen MR) is 54.4 cm³/mol. The van der Waals surface area contributed by atoms with Crippen molar-refractivity contribution in [1.82, 2.24) is 0 Å². The lowest BCUT2D eigenvalue weighted by atomic mass is 9.69. The minimum absolute atomic E-state index is 0.0937. The summed E-state index contributed by atoms with van der Waals surface area (Å²) in [7, 11) is 1.76. The third kappa shape index (κ3) is 1.30. The molecule has 0 aliphatic carbocycles. The highest BCUT2D eigenvalue weighted by atomic mass is 16.1. The molecule has 0 N–H and O–H groups in total. The van der Waals surface area contributed by atoms with E-state index in [9.17, 15) is 4.79 Å². The molecule has 0 aromatic heterocycles. The Kier molecular flexibility index (Phi) is 1.99. The topological polar surface area (TPSA) is 17.1 Å². The summed E-state index contributed by atoms with van der Waals surface area (Å²) in [5.41, 5.74) is 2.56. The SMILES string of the molecule is CC(C)C1C(=O)[B]c2ccccc21. The van der Waals surface area contributed by atoms with Gasteiger partial charge in [0.15, 0.2) is 0 Å². The third-order valence-corrected chi connectivity index (χ3v) is 2.60. The van der Waals surface area contributed by atoms with Crippen LogP contribution in [0, 0.1) is 5.92 Å². The van der Waals surface area contributed by atoms with Gasteiger partial charge in [-0.15, -0.1) is 0 Å². The molecule has 1 unspecified atom stereocenters. The van der Waals surface area contributed by atoms with Crippen molar-refractivity contribution in [1.29, 1.82) is 0 Å². The van der Waals surface area contributed by atoms with Crippen molar-refractivity contribution in [3.05, 3.63) is 29.8 Å². The third-order valence-electron chi connectivity index (χ3n) is 2.60. The summed E-state index contributed by atoms with van der Waals surface area (Å²) in [6, 6.07) is 8.04. The van der Waals surface area contributed by atoms with Gasteiger partial charge in [-0.1, -0.05) is 43.6 Å². The molecule has 65 valence electrons. The summed E-state index contributed by atoms with van der Waals surface area (Å²) in [6.07, 6.45) is 0. The predicted octanol–water partition coefficient (Wildman–Crippen LogP) is 1.30. The number of carbonyl (C=O) groups excluding carboxylic acids is 1. The summed E-state index contributed by atoms with van der Waals surface area (Å²) in [4.78, 5) is 11.6. The van der Waals surface area contributed by atoms with Crippen molar-refractivity contribution >= 4 is 18.4 Å².